The Morgan fingerprint density at radius 1 is 1.07 bits per heavy atom. The van der Waals surface area contributed by atoms with Gasteiger partial charge < -0.3 is 24.4 Å². The quantitative estimate of drug-likeness (QED) is 0.530. The van der Waals surface area contributed by atoms with Crippen molar-refractivity contribution >= 4 is 0 Å². The zero-order chi connectivity index (χ0) is 10.8. The Morgan fingerprint density at radius 2 is 1.64 bits per heavy atom. The van der Waals surface area contributed by atoms with E-state index in [0.29, 0.717) is 19.8 Å². The van der Waals surface area contributed by atoms with Crippen molar-refractivity contribution in [3.63, 3.8) is 0 Å². The van der Waals surface area contributed by atoms with Crippen LogP contribution in [0, 0.1) is 0 Å². The van der Waals surface area contributed by atoms with Gasteiger partial charge in [0.05, 0.1) is 26.4 Å². The minimum atomic E-state index is -0.405. The molecule has 0 fully saturated rings. The monoisotopic (exact) mass is 208 g/mol. The fraction of sp³-hybridized carbons (Fsp3) is 1.00. The van der Waals surface area contributed by atoms with E-state index in [4.69, 9.17) is 24.4 Å². The van der Waals surface area contributed by atoms with Crippen LogP contribution in [-0.2, 0) is 14.2 Å². The average Bonchev–Trinajstić information content (AvgIpc) is 2.22. The smallest absolute Gasteiger partial charge is 0.104 e. The van der Waals surface area contributed by atoms with Crippen LogP contribution in [0.15, 0.2) is 0 Å². The van der Waals surface area contributed by atoms with E-state index in [1.54, 1.807) is 0 Å². The van der Waals surface area contributed by atoms with Gasteiger partial charge in [0.2, 0.25) is 0 Å². The number of hydrogen-bond donors (Lipinski definition) is 2. The largest absolute Gasteiger partial charge is 0.394 e. The number of methoxy groups -OCH3 is 1. The van der Waals surface area contributed by atoms with E-state index in [2.05, 4.69) is 0 Å². The maximum Gasteiger partial charge on any atom is 0.104 e. The van der Waals surface area contributed by atoms with Gasteiger partial charge in [-0.15, -0.1) is 0 Å². The molecule has 0 bridgehead atoms. The maximum atomic E-state index is 8.94. The third-order valence-electron chi connectivity index (χ3n) is 1.65. The molecule has 2 N–H and O–H groups in total. The number of rotatable bonds is 9. The lowest BCUT2D eigenvalue weighted by molar-refractivity contribution is -0.109. The van der Waals surface area contributed by atoms with E-state index < -0.39 is 12.2 Å². The predicted molar refractivity (Wildman–Crippen MR) is 51.2 cm³/mol. The highest BCUT2D eigenvalue weighted by Crippen LogP contribution is 2.00. The van der Waals surface area contributed by atoms with E-state index in [-0.39, 0.29) is 13.2 Å². The molecule has 0 aliphatic carbocycles. The van der Waals surface area contributed by atoms with E-state index in [1.807, 2.05) is 6.92 Å². The van der Waals surface area contributed by atoms with Crippen molar-refractivity contribution in [1.29, 1.82) is 0 Å². The Bertz CT molecular complexity index is 120. The molecule has 14 heavy (non-hydrogen) atoms. The number of aliphatic hydroxyl groups excluding tert-OH is 2. The van der Waals surface area contributed by atoms with Crippen molar-refractivity contribution in [2.45, 2.75) is 19.1 Å². The minimum absolute atomic E-state index is 0.125. The summed E-state index contributed by atoms with van der Waals surface area (Å²) in [5.74, 6) is 0. The van der Waals surface area contributed by atoms with Crippen LogP contribution in [0.1, 0.15) is 6.92 Å². The fourth-order valence-electron chi connectivity index (χ4n) is 0.977. The van der Waals surface area contributed by atoms with Crippen LogP contribution in [0.5, 0.6) is 0 Å². The third kappa shape index (κ3) is 6.28. The Balaban J connectivity index is 3.75. The Morgan fingerprint density at radius 3 is 2.07 bits per heavy atom. The van der Waals surface area contributed by atoms with Gasteiger partial charge in [0, 0.05) is 13.7 Å². The van der Waals surface area contributed by atoms with Gasteiger partial charge >= 0.3 is 0 Å². The molecule has 5 nitrogen and oxygen atoms in total. The Labute approximate surface area is 84.6 Å². The third-order valence-corrected chi connectivity index (χ3v) is 1.65. The summed E-state index contributed by atoms with van der Waals surface area (Å²) in [5, 5.41) is 17.8. The minimum Gasteiger partial charge on any atom is -0.394 e. The van der Waals surface area contributed by atoms with Crippen molar-refractivity contribution < 1.29 is 24.4 Å². The highest BCUT2D eigenvalue weighted by atomic mass is 16.6. The normalized spacial score (nSPS) is 15.4. The molecule has 2 unspecified atom stereocenters. The van der Waals surface area contributed by atoms with Crippen molar-refractivity contribution in [2.75, 3.05) is 40.1 Å². The summed E-state index contributed by atoms with van der Waals surface area (Å²) in [7, 11) is 1.53. The van der Waals surface area contributed by atoms with Crippen LogP contribution >= 0.6 is 0 Å². The topological polar surface area (TPSA) is 68.2 Å². The number of aliphatic hydroxyl groups is 2. The molecule has 0 aromatic carbocycles. The van der Waals surface area contributed by atoms with E-state index in [0.717, 1.165) is 0 Å². The molecule has 0 aromatic heterocycles. The summed E-state index contributed by atoms with van der Waals surface area (Å²) < 4.78 is 15.3. The van der Waals surface area contributed by atoms with Gasteiger partial charge in [0.1, 0.15) is 12.2 Å². The summed E-state index contributed by atoms with van der Waals surface area (Å²) in [5.41, 5.74) is 0. The number of hydrogen-bond acceptors (Lipinski definition) is 5. The van der Waals surface area contributed by atoms with E-state index in [1.165, 1.54) is 7.11 Å². The molecule has 0 aliphatic rings. The van der Waals surface area contributed by atoms with Gasteiger partial charge in [-0.1, -0.05) is 0 Å². The summed E-state index contributed by atoms with van der Waals surface area (Å²) in [6.07, 6.45) is -0.806. The molecule has 0 saturated heterocycles. The summed E-state index contributed by atoms with van der Waals surface area (Å²) >= 11 is 0. The van der Waals surface area contributed by atoms with Crippen LogP contribution in [0.25, 0.3) is 0 Å². The molecule has 0 heterocycles. The van der Waals surface area contributed by atoms with Gasteiger partial charge in [0.15, 0.2) is 0 Å². The summed E-state index contributed by atoms with van der Waals surface area (Å²) in [6, 6.07) is 0. The number of ether oxygens (including phenoxy) is 3. The Hall–Kier alpha value is -0.200. The molecule has 5 heteroatoms. The Kier molecular flexibility index (Phi) is 9.23. The zero-order valence-electron chi connectivity index (χ0n) is 8.81. The standard InChI is InChI=1S/C9H20O5/c1-3-13-7-9(5-11)14-8(4-10)6-12-2/h8-11H,3-7H2,1-2H3. The average molecular weight is 208 g/mol. The van der Waals surface area contributed by atoms with Crippen molar-refractivity contribution in [3.8, 4) is 0 Å². The molecular weight excluding hydrogens is 188 g/mol. The van der Waals surface area contributed by atoms with E-state index in [9.17, 15) is 0 Å². The summed E-state index contributed by atoms with van der Waals surface area (Å²) in [4.78, 5) is 0. The highest BCUT2D eigenvalue weighted by molar-refractivity contribution is 4.61. The lowest BCUT2D eigenvalue weighted by Crippen LogP contribution is -2.34. The second-order valence-electron chi connectivity index (χ2n) is 2.86. The molecule has 0 radical (unpaired) electrons. The second kappa shape index (κ2) is 9.36. The second-order valence-corrected chi connectivity index (χ2v) is 2.86. The SMILES string of the molecule is CCOCC(CO)OC(CO)COC. The molecule has 2 atom stereocenters. The van der Waals surface area contributed by atoms with Crippen LogP contribution in [0.3, 0.4) is 0 Å². The maximum absolute atomic E-state index is 8.94. The molecule has 0 amide bonds. The molecule has 0 aromatic rings. The van der Waals surface area contributed by atoms with Gasteiger partial charge in [-0.25, -0.2) is 0 Å². The van der Waals surface area contributed by atoms with Crippen LogP contribution in [0.4, 0.5) is 0 Å². The van der Waals surface area contributed by atoms with Crippen LogP contribution < -0.4 is 0 Å². The van der Waals surface area contributed by atoms with Gasteiger partial charge in [-0.3, -0.25) is 0 Å². The molecular formula is C9H20O5. The molecule has 86 valence electrons. The first-order valence-electron chi connectivity index (χ1n) is 4.72. The van der Waals surface area contributed by atoms with Crippen molar-refractivity contribution in [1.82, 2.24) is 0 Å². The first-order valence-corrected chi connectivity index (χ1v) is 4.72. The first-order chi connectivity index (χ1) is 6.78. The van der Waals surface area contributed by atoms with Gasteiger partial charge in [0.25, 0.3) is 0 Å². The van der Waals surface area contributed by atoms with Crippen molar-refractivity contribution in [3.05, 3.63) is 0 Å². The lowest BCUT2D eigenvalue weighted by atomic mass is 10.3. The highest BCUT2D eigenvalue weighted by Gasteiger charge is 2.15. The van der Waals surface area contributed by atoms with Crippen LogP contribution in [0.2, 0.25) is 0 Å². The molecule has 0 spiro atoms. The fourth-order valence-corrected chi connectivity index (χ4v) is 0.977. The first kappa shape index (κ1) is 13.8. The van der Waals surface area contributed by atoms with Gasteiger partial charge in [-0.05, 0) is 6.92 Å². The lowest BCUT2D eigenvalue weighted by Gasteiger charge is -2.21. The van der Waals surface area contributed by atoms with Crippen molar-refractivity contribution in [2.24, 2.45) is 0 Å². The molecule has 0 rings (SSSR count). The molecule has 0 saturated carbocycles. The molecule has 0 aliphatic heterocycles. The van der Waals surface area contributed by atoms with E-state index >= 15 is 0 Å². The summed E-state index contributed by atoms with van der Waals surface area (Å²) in [6.45, 7) is 2.82. The van der Waals surface area contributed by atoms with Crippen LogP contribution in [-0.4, -0.2) is 62.6 Å². The predicted octanol–water partition coefficient (Wildman–Crippen LogP) is -0.592. The van der Waals surface area contributed by atoms with Gasteiger partial charge in [-0.2, -0.15) is 0 Å². The zero-order valence-corrected chi connectivity index (χ0v) is 8.81.